The number of aromatic amines is 1. The Balaban J connectivity index is 2.32. The fourth-order valence-electron chi connectivity index (χ4n) is 2.21. The third-order valence-corrected chi connectivity index (χ3v) is 3.80. The smallest absolute Gasteiger partial charge is 0.182 e. The van der Waals surface area contributed by atoms with E-state index in [1.165, 1.54) is 0 Å². The van der Waals surface area contributed by atoms with Gasteiger partial charge in [-0.15, -0.1) is 0 Å². The summed E-state index contributed by atoms with van der Waals surface area (Å²) < 4.78 is 7.61. The van der Waals surface area contributed by atoms with Crippen LogP contribution in [0.2, 0.25) is 5.02 Å². The van der Waals surface area contributed by atoms with Crippen molar-refractivity contribution in [2.75, 3.05) is 7.11 Å². The number of nitrogens with one attached hydrogen (secondary N) is 1. The molecule has 2 aromatic carbocycles. The van der Waals surface area contributed by atoms with Crippen LogP contribution in [-0.4, -0.2) is 16.7 Å². The van der Waals surface area contributed by atoms with E-state index in [1.54, 1.807) is 25.3 Å². The molecule has 0 saturated carbocycles. The van der Waals surface area contributed by atoms with Crippen molar-refractivity contribution >= 4 is 34.9 Å². The quantitative estimate of drug-likeness (QED) is 0.720. The van der Waals surface area contributed by atoms with Gasteiger partial charge in [0.2, 0.25) is 0 Å². The largest absolute Gasteiger partial charge is 0.497 e. The van der Waals surface area contributed by atoms with Gasteiger partial charge in [-0.1, -0.05) is 11.6 Å². The molecular formula is C15H10ClN3OS. The summed E-state index contributed by atoms with van der Waals surface area (Å²) in [6.45, 7) is 0. The zero-order valence-corrected chi connectivity index (χ0v) is 12.6. The first-order chi connectivity index (χ1) is 10.1. The topological polar surface area (TPSA) is 53.7 Å². The van der Waals surface area contributed by atoms with Crippen molar-refractivity contribution in [3.63, 3.8) is 0 Å². The minimum atomic E-state index is 0.467. The number of methoxy groups -OCH3 is 1. The van der Waals surface area contributed by atoms with Crippen LogP contribution in [-0.2, 0) is 0 Å². The van der Waals surface area contributed by atoms with Gasteiger partial charge in [0.25, 0.3) is 0 Å². The summed E-state index contributed by atoms with van der Waals surface area (Å²) >= 11 is 11.7. The first-order valence-corrected chi connectivity index (χ1v) is 6.91. The van der Waals surface area contributed by atoms with Gasteiger partial charge < -0.3 is 9.72 Å². The average Bonchev–Trinajstić information content (AvgIpc) is 2.82. The number of H-pyrrole nitrogens is 1. The van der Waals surface area contributed by atoms with E-state index in [1.807, 2.05) is 22.8 Å². The molecule has 4 nitrogen and oxygen atoms in total. The highest BCUT2D eigenvalue weighted by Gasteiger charge is 2.11. The molecule has 6 heteroatoms. The zero-order chi connectivity index (χ0) is 15.0. The average molecular weight is 316 g/mol. The normalized spacial score (nSPS) is 10.5. The number of aromatic nitrogens is 2. The highest BCUT2D eigenvalue weighted by Crippen LogP contribution is 2.28. The van der Waals surface area contributed by atoms with Gasteiger partial charge in [-0.05, 0) is 42.5 Å². The van der Waals surface area contributed by atoms with Crippen LogP contribution in [0.4, 0.5) is 0 Å². The minimum Gasteiger partial charge on any atom is -0.497 e. The van der Waals surface area contributed by atoms with Crippen molar-refractivity contribution < 1.29 is 4.74 Å². The Kier molecular flexibility index (Phi) is 3.42. The van der Waals surface area contributed by atoms with E-state index in [-0.39, 0.29) is 0 Å². The second kappa shape index (κ2) is 5.24. The number of imidazole rings is 1. The van der Waals surface area contributed by atoms with Crippen LogP contribution in [0, 0.1) is 16.1 Å². The second-order valence-electron chi connectivity index (χ2n) is 4.43. The van der Waals surface area contributed by atoms with E-state index in [4.69, 9.17) is 33.8 Å². The summed E-state index contributed by atoms with van der Waals surface area (Å²) in [7, 11) is 1.61. The fraction of sp³-hybridized carbons (Fsp3) is 0.0667. The summed E-state index contributed by atoms with van der Waals surface area (Å²) in [4.78, 5) is 3.13. The fourth-order valence-corrected chi connectivity index (χ4v) is 2.78. The predicted octanol–water partition coefficient (Wildman–Crippen LogP) is 4.22. The number of fused-ring (bicyclic) bond motifs is 1. The first kappa shape index (κ1) is 13.7. The number of halogens is 1. The van der Waals surface area contributed by atoms with E-state index in [9.17, 15) is 0 Å². The molecule has 3 aromatic rings. The van der Waals surface area contributed by atoms with Gasteiger partial charge in [-0.25, -0.2) is 0 Å². The Hall–Kier alpha value is -2.29. The van der Waals surface area contributed by atoms with Gasteiger partial charge >= 0.3 is 0 Å². The minimum absolute atomic E-state index is 0.467. The molecular weight excluding hydrogens is 306 g/mol. The van der Waals surface area contributed by atoms with Gasteiger partial charge in [0, 0.05) is 6.07 Å². The lowest BCUT2D eigenvalue weighted by molar-refractivity contribution is 0.415. The molecule has 0 fully saturated rings. The van der Waals surface area contributed by atoms with E-state index >= 15 is 0 Å². The van der Waals surface area contributed by atoms with Crippen molar-refractivity contribution in [1.82, 2.24) is 9.55 Å². The summed E-state index contributed by atoms with van der Waals surface area (Å²) in [5, 5.41) is 9.39. The lowest BCUT2D eigenvalue weighted by atomic mass is 10.2. The van der Waals surface area contributed by atoms with Crippen LogP contribution >= 0.6 is 23.8 Å². The number of rotatable bonds is 2. The third kappa shape index (κ3) is 2.29. The molecule has 104 valence electrons. The maximum absolute atomic E-state index is 8.92. The van der Waals surface area contributed by atoms with Gasteiger partial charge in [-0.3, -0.25) is 4.57 Å². The summed E-state index contributed by atoms with van der Waals surface area (Å²) in [6.07, 6.45) is 0. The Morgan fingerprint density at radius 1 is 1.29 bits per heavy atom. The molecule has 0 radical (unpaired) electrons. The van der Waals surface area contributed by atoms with Crippen LogP contribution < -0.4 is 4.74 Å². The molecule has 0 saturated heterocycles. The highest BCUT2D eigenvalue weighted by molar-refractivity contribution is 7.71. The standard InChI is InChI=1S/C15H10ClN3OS/c1-20-10-3-4-12-14(7-10)19(15(21)18-12)13-5-2-9(8-17)6-11(13)16/h2-7H,1H3,(H,18,21). The molecule has 21 heavy (non-hydrogen) atoms. The third-order valence-electron chi connectivity index (χ3n) is 3.21. The molecule has 0 aliphatic heterocycles. The molecule has 0 amide bonds. The SMILES string of the molecule is COc1ccc2[nH]c(=S)n(-c3ccc(C#N)cc3Cl)c2c1. The first-order valence-electron chi connectivity index (χ1n) is 6.13. The summed E-state index contributed by atoms with van der Waals surface area (Å²) in [5.41, 5.74) is 2.99. The summed E-state index contributed by atoms with van der Waals surface area (Å²) in [5.74, 6) is 0.731. The molecule has 0 aliphatic rings. The predicted molar refractivity (Wildman–Crippen MR) is 84.7 cm³/mol. The lowest BCUT2D eigenvalue weighted by Gasteiger charge is -2.08. The number of hydrogen-bond acceptors (Lipinski definition) is 3. The number of ether oxygens (including phenoxy) is 1. The Morgan fingerprint density at radius 3 is 2.76 bits per heavy atom. The van der Waals surface area contributed by atoms with Crippen LogP contribution in [0.25, 0.3) is 16.7 Å². The van der Waals surface area contributed by atoms with Gasteiger partial charge in [0.1, 0.15) is 5.75 Å². The van der Waals surface area contributed by atoms with E-state index in [0.717, 1.165) is 22.5 Å². The maximum atomic E-state index is 8.92. The molecule has 3 rings (SSSR count). The van der Waals surface area contributed by atoms with Crippen LogP contribution in [0.15, 0.2) is 36.4 Å². The molecule has 0 unspecified atom stereocenters. The Labute approximate surface area is 131 Å². The Morgan fingerprint density at radius 2 is 2.10 bits per heavy atom. The van der Waals surface area contributed by atoms with Gasteiger partial charge in [-0.2, -0.15) is 5.26 Å². The van der Waals surface area contributed by atoms with Crippen molar-refractivity contribution in [3.05, 3.63) is 51.8 Å². The second-order valence-corrected chi connectivity index (χ2v) is 5.22. The molecule has 0 spiro atoms. The Bertz CT molecular complexity index is 936. The zero-order valence-electron chi connectivity index (χ0n) is 11.1. The van der Waals surface area contributed by atoms with Crippen molar-refractivity contribution in [2.45, 2.75) is 0 Å². The lowest BCUT2D eigenvalue weighted by Crippen LogP contribution is -1.96. The van der Waals surface area contributed by atoms with E-state index < -0.39 is 0 Å². The van der Waals surface area contributed by atoms with Crippen LogP contribution in [0.1, 0.15) is 5.56 Å². The van der Waals surface area contributed by atoms with Crippen molar-refractivity contribution in [2.24, 2.45) is 0 Å². The number of hydrogen-bond donors (Lipinski definition) is 1. The summed E-state index contributed by atoms with van der Waals surface area (Å²) in [6, 6.07) is 12.8. The van der Waals surface area contributed by atoms with Crippen molar-refractivity contribution in [1.29, 1.82) is 5.26 Å². The van der Waals surface area contributed by atoms with E-state index in [2.05, 4.69) is 11.1 Å². The monoisotopic (exact) mass is 315 g/mol. The molecule has 0 atom stereocenters. The molecule has 0 aliphatic carbocycles. The number of nitriles is 1. The van der Waals surface area contributed by atoms with Crippen LogP contribution in [0.3, 0.4) is 0 Å². The number of benzene rings is 2. The molecule has 1 aromatic heterocycles. The molecule has 0 bridgehead atoms. The molecule has 1 heterocycles. The number of nitrogens with zero attached hydrogens (tertiary/aromatic N) is 2. The van der Waals surface area contributed by atoms with Gasteiger partial charge in [0.15, 0.2) is 4.77 Å². The highest BCUT2D eigenvalue weighted by atomic mass is 35.5. The van der Waals surface area contributed by atoms with E-state index in [0.29, 0.717) is 15.4 Å². The maximum Gasteiger partial charge on any atom is 0.182 e. The van der Waals surface area contributed by atoms with Crippen molar-refractivity contribution in [3.8, 4) is 17.5 Å². The van der Waals surface area contributed by atoms with Crippen LogP contribution in [0.5, 0.6) is 5.75 Å². The molecule has 1 N–H and O–H groups in total. The van der Waals surface area contributed by atoms with Gasteiger partial charge in [0.05, 0.1) is 40.5 Å².